The molecule has 1 aromatic heterocycles. The SMILES string of the molecule is CC(C)c1ccc(S(=O)(=O)Nc2ccc(Cn3cncn3)cc2)cc1. The van der Waals surface area contributed by atoms with Crippen molar-refractivity contribution in [3.8, 4) is 0 Å². The summed E-state index contributed by atoms with van der Waals surface area (Å²) < 4.78 is 29.3. The number of benzene rings is 2. The molecule has 0 amide bonds. The lowest BCUT2D eigenvalue weighted by Gasteiger charge is -2.10. The van der Waals surface area contributed by atoms with E-state index in [1.165, 1.54) is 6.33 Å². The van der Waals surface area contributed by atoms with Crippen molar-refractivity contribution >= 4 is 15.7 Å². The Labute approximate surface area is 147 Å². The number of nitrogens with one attached hydrogen (secondary N) is 1. The molecule has 0 spiro atoms. The third-order valence-electron chi connectivity index (χ3n) is 3.87. The highest BCUT2D eigenvalue weighted by Gasteiger charge is 2.14. The molecule has 7 heteroatoms. The Morgan fingerprint density at radius 3 is 2.28 bits per heavy atom. The van der Waals surface area contributed by atoms with Gasteiger partial charge in [0.25, 0.3) is 10.0 Å². The van der Waals surface area contributed by atoms with Gasteiger partial charge in [0.05, 0.1) is 11.4 Å². The van der Waals surface area contributed by atoms with Gasteiger partial charge in [-0.25, -0.2) is 18.1 Å². The van der Waals surface area contributed by atoms with Crippen LogP contribution in [0.2, 0.25) is 0 Å². The molecule has 0 saturated heterocycles. The van der Waals surface area contributed by atoms with E-state index in [1.807, 2.05) is 24.3 Å². The summed E-state index contributed by atoms with van der Waals surface area (Å²) in [5, 5.41) is 4.05. The molecule has 2 aromatic carbocycles. The Morgan fingerprint density at radius 1 is 1.04 bits per heavy atom. The Morgan fingerprint density at radius 2 is 1.72 bits per heavy atom. The van der Waals surface area contributed by atoms with Crippen LogP contribution in [-0.4, -0.2) is 23.2 Å². The fourth-order valence-electron chi connectivity index (χ4n) is 2.43. The predicted molar refractivity (Wildman–Crippen MR) is 96.9 cm³/mol. The average molecular weight is 356 g/mol. The van der Waals surface area contributed by atoms with Crippen molar-refractivity contribution in [2.24, 2.45) is 0 Å². The van der Waals surface area contributed by atoms with E-state index in [0.717, 1.165) is 11.1 Å². The number of aromatic nitrogens is 3. The van der Waals surface area contributed by atoms with Crippen molar-refractivity contribution in [1.82, 2.24) is 14.8 Å². The zero-order chi connectivity index (χ0) is 17.9. The Hall–Kier alpha value is -2.67. The number of nitrogens with zero attached hydrogens (tertiary/aromatic N) is 3. The fourth-order valence-corrected chi connectivity index (χ4v) is 3.48. The van der Waals surface area contributed by atoms with Gasteiger partial charge in [0.2, 0.25) is 0 Å². The van der Waals surface area contributed by atoms with Crippen LogP contribution in [0.4, 0.5) is 5.69 Å². The highest BCUT2D eigenvalue weighted by Crippen LogP contribution is 2.20. The van der Waals surface area contributed by atoms with E-state index >= 15 is 0 Å². The summed E-state index contributed by atoms with van der Waals surface area (Å²) in [6, 6.07) is 14.2. The summed E-state index contributed by atoms with van der Waals surface area (Å²) >= 11 is 0. The summed E-state index contributed by atoms with van der Waals surface area (Å²) in [5.74, 6) is 0.363. The third kappa shape index (κ3) is 4.24. The highest BCUT2D eigenvalue weighted by atomic mass is 32.2. The van der Waals surface area contributed by atoms with E-state index in [9.17, 15) is 8.42 Å². The molecule has 0 atom stereocenters. The van der Waals surface area contributed by atoms with E-state index in [2.05, 4.69) is 28.7 Å². The molecule has 0 bridgehead atoms. The molecule has 0 radical (unpaired) electrons. The van der Waals surface area contributed by atoms with Gasteiger partial charge < -0.3 is 0 Å². The normalized spacial score (nSPS) is 11.6. The summed E-state index contributed by atoms with van der Waals surface area (Å²) in [7, 11) is -3.60. The van der Waals surface area contributed by atoms with Crippen molar-refractivity contribution in [2.75, 3.05) is 4.72 Å². The number of anilines is 1. The first-order valence-electron chi connectivity index (χ1n) is 7.98. The first-order valence-corrected chi connectivity index (χ1v) is 9.46. The second-order valence-corrected chi connectivity index (χ2v) is 7.80. The lowest BCUT2D eigenvalue weighted by molar-refractivity contribution is 0.601. The molecule has 0 fully saturated rings. The van der Waals surface area contributed by atoms with Crippen molar-refractivity contribution in [3.63, 3.8) is 0 Å². The number of hydrogen-bond acceptors (Lipinski definition) is 4. The molecule has 1 N–H and O–H groups in total. The van der Waals surface area contributed by atoms with Gasteiger partial charge in [0.15, 0.2) is 0 Å². The van der Waals surface area contributed by atoms with Crippen molar-refractivity contribution in [1.29, 1.82) is 0 Å². The molecule has 0 saturated carbocycles. The van der Waals surface area contributed by atoms with Gasteiger partial charge in [-0.15, -0.1) is 0 Å². The quantitative estimate of drug-likeness (QED) is 0.735. The van der Waals surface area contributed by atoms with Crippen LogP contribution in [-0.2, 0) is 16.6 Å². The molecule has 6 nitrogen and oxygen atoms in total. The Bertz CT molecular complexity index is 916. The largest absolute Gasteiger partial charge is 0.280 e. The lowest BCUT2D eigenvalue weighted by atomic mass is 10.0. The van der Waals surface area contributed by atoms with Crippen LogP contribution in [0, 0.1) is 0 Å². The van der Waals surface area contributed by atoms with E-state index in [4.69, 9.17) is 0 Å². The van der Waals surface area contributed by atoms with E-state index < -0.39 is 10.0 Å². The second kappa shape index (κ2) is 7.06. The fraction of sp³-hybridized carbons (Fsp3) is 0.222. The first-order chi connectivity index (χ1) is 11.9. The maximum absolute atomic E-state index is 12.5. The first kappa shape index (κ1) is 17.2. The molecule has 130 valence electrons. The Balaban J connectivity index is 1.72. The van der Waals surface area contributed by atoms with Gasteiger partial charge in [-0.2, -0.15) is 5.10 Å². The van der Waals surface area contributed by atoms with Gasteiger partial charge in [-0.1, -0.05) is 38.1 Å². The zero-order valence-electron chi connectivity index (χ0n) is 14.1. The average Bonchev–Trinajstić information content (AvgIpc) is 3.09. The number of rotatable bonds is 6. The molecule has 0 aliphatic heterocycles. The minimum Gasteiger partial charge on any atom is -0.280 e. The van der Waals surface area contributed by atoms with Gasteiger partial charge in [0.1, 0.15) is 12.7 Å². The predicted octanol–water partition coefficient (Wildman–Crippen LogP) is 3.25. The maximum atomic E-state index is 12.5. The summed E-state index contributed by atoms with van der Waals surface area (Å²) in [6.45, 7) is 4.73. The van der Waals surface area contributed by atoms with Crippen molar-refractivity contribution in [3.05, 3.63) is 72.3 Å². The zero-order valence-corrected chi connectivity index (χ0v) is 14.9. The molecule has 1 heterocycles. The van der Waals surface area contributed by atoms with Gasteiger partial charge in [-0.3, -0.25) is 4.72 Å². The maximum Gasteiger partial charge on any atom is 0.261 e. The van der Waals surface area contributed by atoms with Gasteiger partial charge >= 0.3 is 0 Å². The molecule has 3 aromatic rings. The second-order valence-electron chi connectivity index (χ2n) is 6.12. The van der Waals surface area contributed by atoms with Crippen LogP contribution in [0.1, 0.15) is 30.9 Å². The molecule has 25 heavy (non-hydrogen) atoms. The van der Waals surface area contributed by atoms with Crippen LogP contribution in [0.5, 0.6) is 0 Å². The smallest absolute Gasteiger partial charge is 0.261 e. The minimum atomic E-state index is -3.60. The Kier molecular flexibility index (Phi) is 4.85. The lowest BCUT2D eigenvalue weighted by Crippen LogP contribution is -2.13. The molecule has 0 unspecified atom stereocenters. The van der Waals surface area contributed by atoms with E-state index in [-0.39, 0.29) is 4.90 Å². The van der Waals surface area contributed by atoms with Crippen molar-refractivity contribution in [2.45, 2.75) is 31.2 Å². The third-order valence-corrected chi connectivity index (χ3v) is 5.27. The molecule has 3 rings (SSSR count). The minimum absolute atomic E-state index is 0.253. The molecular formula is C18H20N4O2S. The standard InChI is InChI=1S/C18H20N4O2S/c1-14(2)16-5-9-18(10-6-16)25(23,24)21-17-7-3-15(4-8-17)11-22-13-19-12-20-22/h3-10,12-14,21H,11H2,1-2H3. The molecule has 0 aliphatic carbocycles. The topological polar surface area (TPSA) is 76.9 Å². The summed E-state index contributed by atoms with van der Waals surface area (Å²) in [6.07, 6.45) is 3.12. The van der Waals surface area contributed by atoms with E-state index in [1.54, 1.807) is 35.3 Å². The molecular weight excluding hydrogens is 336 g/mol. The van der Waals surface area contributed by atoms with Crippen LogP contribution in [0.3, 0.4) is 0 Å². The van der Waals surface area contributed by atoms with Crippen LogP contribution in [0.25, 0.3) is 0 Å². The van der Waals surface area contributed by atoms with Crippen LogP contribution >= 0.6 is 0 Å². The van der Waals surface area contributed by atoms with Crippen LogP contribution in [0.15, 0.2) is 66.1 Å². The monoisotopic (exact) mass is 356 g/mol. The van der Waals surface area contributed by atoms with Crippen LogP contribution < -0.4 is 4.72 Å². The van der Waals surface area contributed by atoms with Gasteiger partial charge in [0, 0.05) is 5.69 Å². The van der Waals surface area contributed by atoms with Crippen molar-refractivity contribution < 1.29 is 8.42 Å². The number of sulfonamides is 1. The highest BCUT2D eigenvalue weighted by molar-refractivity contribution is 7.92. The molecule has 0 aliphatic rings. The van der Waals surface area contributed by atoms with Gasteiger partial charge in [-0.05, 0) is 41.3 Å². The van der Waals surface area contributed by atoms with E-state index in [0.29, 0.717) is 18.2 Å². The number of hydrogen-bond donors (Lipinski definition) is 1. The summed E-state index contributed by atoms with van der Waals surface area (Å²) in [4.78, 5) is 4.15. The summed E-state index contributed by atoms with van der Waals surface area (Å²) in [5.41, 5.74) is 2.64.